The van der Waals surface area contributed by atoms with E-state index in [1.54, 1.807) is 0 Å². The Morgan fingerprint density at radius 1 is 1.08 bits per heavy atom. The molecular weight excluding hydrogens is 322 g/mol. The van der Waals surface area contributed by atoms with Gasteiger partial charge in [0.25, 0.3) is 0 Å². The number of benzene rings is 2. The predicted octanol–water partition coefficient (Wildman–Crippen LogP) is 3.33. The third-order valence-corrected chi connectivity index (χ3v) is 5.82. The van der Waals surface area contributed by atoms with Crippen molar-refractivity contribution in [1.82, 2.24) is 9.78 Å². The van der Waals surface area contributed by atoms with Crippen LogP contribution in [0.1, 0.15) is 48.0 Å². The topological polar surface area (TPSA) is 30.9 Å². The minimum atomic E-state index is 0.217. The molecule has 132 valence electrons. The van der Waals surface area contributed by atoms with E-state index in [2.05, 4.69) is 71.9 Å². The molecule has 0 bridgehead atoms. The highest BCUT2D eigenvalue weighted by Gasteiger charge is 2.43. The third-order valence-electron chi connectivity index (χ3n) is 5.82. The molecule has 5 rings (SSSR count). The van der Waals surface area contributed by atoms with E-state index in [4.69, 9.17) is 9.84 Å². The van der Waals surface area contributed by atoms with E-state index in [1.165, 1.54) is 27.9 Å². The van der Waals surface area contributed by atoms with Gasteiger partial charge < -0.3 is 4.74 Å². The maximum atomic E-state index is 6.18. The Kier molecular flexibility index (Phi) is 3.68. The number of hydrogen-bond acceptors (Lipinski definition) is 2. The van der Waals surface area contributed by atoms with E-state index in [1.807, 2.05) is 0 Å². The van der Waals surface area contributed by atoms with Crippen LogP contribution < -0.4 is 4.57 Å². The van der Waals surface area contributed by atoms with Crippen LogP contribution in [-0.4, -0.2) is 15.9 Å². The van der Waals surface area contributed by atoms with Gasteiger partial charge in [0, 0.05) is 11.5 Å². The van der Waals surface area contributed by atoms with Crippen molar-refractivity contribution in [2.45, 2.75) is 51.9 Å². The Labute approximate surface area is 154 Å². The average Bonchev–Trinajstić information content (AvgIpc) is 3.27. The second kappa shape index (κ2) is 6.06. The fourth-order valence-electron chi connectivity index (χ4n) is 4.54. The molecule has 0 saturated carbocycles. The number of hydrogen-bond donors (Lipinski definition) is 0. The molecule has 0 radical (unpaired) electrons. The lowest BCUT2D eigenvalue weighted by molar-refractivity contribution is -0.739. The number of rotatable bonds is 3. The van der Waals surface area contributed by atoms with Crippen LogP contribution in [0.5, 0.6) is 0 Å². The molecule has 2 aromatic carbocycles. The molecule has 4 heteroatoms. The molecule has 26 heavy (non-hydrogen) atoms. The normalized spacial score (nSPS) is 20.5. The summed E-state index contributed by atoms with van der Waals surface area (Å²) in [4.78, 5) is 0. The highest BCUT2D eigenvalue weighted by atomic mass is 16.5. The summed E-state index contributed by atoms with van der Waals surface area (Å²) in [6.07, 6.45) is 5.40. The zero-order valence-corrected chi connectivity index (χ0v) is 15.4. The number of ether oxygens (including phenoxy) is 1. The van der Waals surface area contributed by atoms with Crippen molar-refractivity contribution in [3.8, 4) is 5.69 Å². The van der Waals surface area contributed by atoms with Gasteiger partial charge in [-0.25, -0.2) is 4.57 Å². The van der Waals surface area contributed by atoms with Crippen LogP contribution in [0.25, 0.3) is 5.69 Å². The zero-order valence-electron chi connectivity index (χ0n) is 15.4. The lowest BCUT2D eigenvalue weighted by Gasteiger charge is -2.23. The Morgan fingerprint density at radius 2 is 1.85 bits per heavy atom. The van der Waals surface area contributed by atoms with Gasteiger partial charge in [0.1, 0.15) is 24.4 Å². The SMILES string of the molecule is CCc1cccc(CC)c1-n1c[n+]2c(n1)CO[C@H]1Cc3ccccc3C12. The quantitative estimate of drug-likeness (QED) is 0.681. The summed E-state index contributed by atoms with van der Waals surface area (Å²) in [6.45, 7) is 5.00. The highest BCUT2D eigenvalue weighted by Crippen LogP contribution is 2.35. The van der Waals surface area contributed by atoms with Gasteiger partial charge in [-0.1, -0.05) is 61.0 Å². The van der Waals surface area contributed by atoms with E-state index in [0.717, 1.165) is 25.1 Å². The molecule has 2 atom stereocenters. The van der Waals surface area contributed by atoms with Crippen molar-refractivity contribution in [2.75, 3.05) is 0 Å². The first-order valence-electron chi connectivity index (χ1n) is 9.60. The molecule has 0 fully saturated rings. The lowest BCUT2D eigenvalue weighted by atomic mass is 10.0. The van der Waals surface area contributed by atoms with E-state index in [-0.39, 0.29) is 12.1 Å². The Hall–Kier alpha value is -2.46. The summed E-state index contributed by atoms with van der Waals surface area (Å²) < 4.78 is 10.6. The van der Waals surface area contributed by atoms with Crippen LogP contribution in [0.4, 0.5) is 0 Å². The summed E-state index contributed by atoms with van der Waals surface area (Å²) in [5, 5.41) is 4.93. The Bertz CT molecular complexity index is 953. The lowest BCUT2D eigenvalue weighted by Crippen LogP contribution is -2.51. The van der Waals surface area contributed by atoms with Crippen molar-refractivity contribution in [1.29, 1.82) is 0 Å². The molecule has 1 aliphatic heterocycles. The van der Waals surface area contributed by atoms with Crippen molar-refractivity contribution in [2.24, 2.45) is 0 Å². The fraction of sp³-hybridized carbons (Fsp3) is 0.364. The van der Waals surface area contributed by atoms with Crippen LogP contribution in [0.3, 0.4) is 0 Å². The van der Waals surface area contributed by atoms with Crippen molar-refractivity contribution < 1.29 is 9.30 Å². The smallest absolute Gasteiger partial charge is 0.304 e. The van der Waals surface area contributed by atoms with Gasteiger partial charge in [0.2, 0.25) is 6.33 Å². The number of aryl methyl sites for hydroxylation is 2. The Morgan fingerprint density at radius 3 is 2.62 bits per heavy atom. The molecule has 2 aliphatic rings. The van der Waals surface area contributed by atoms with Gasteiger partial charge in [-0.2, -0.15) is 0 Å². The number of fused-ring (bicyclic) bond motifs is 5. The Balaban J connectivity index is 1.66. The zero-order chi connectivity index (χ0) is 17.7. The van der Waals surface area contributed by atoms with E-state index in [9.17, 15) is 0 Å². The monoisotopic (exact) mass is 346 g/mol. The highest BCUT2D eigenvalue weighted by molar-refractivity contribution is 5.47. The first-order chi connectivity index (χ1) is 12.8. The van der Waals surface area contributed by atoms with Crippen molar-refractivity contribution >= 4 is 0 Å². The first-order valence-corrected chi connectivity index (χ1v) is 9.60. The van der Waals surface area contributed by atoms with Gasteiger partial charge >= 0.3 is 5.82 Å². The second-order valence-corrected chi connectivity index (χ2v) is 7.21. The van der Waals surface area contributed by atoms with Crippen LogP contribution in [0, 0.1) is 0 Å². The van der Waals surface area contributed by atoms with Gasteiger partial charge in [-0.3, -0.25) is 0 Å². The summed E-state index contributed by atoms with van der Waals surface area (Å²) in [6, 6.07) is 15.5. The standard InChI is InChI=1S/C22H24N3O/c1-3-15-9-7-10-16(4-2)21(15)25-14-24-20(23-25)13-26-19-12-17-8-5-6-11-18(17)22(19)24/h5-11,14,19,22H,3-4,12-13H2,1-2H3/q+1/t19-,22?/m0/s1. The molecule has 0 saturated heterocycles. The molecule has 1 aromatic heterocycles. The molecule has 2 heterocycles. The average molecular weight is 346 g/mol. The van der Waals surface area contributed by atoms with E-state index >= 15 is 0 Å². The number of nitrogens with zero attached hydrogens (tertiary/aromatic N) is 3. The summed E-state index contributed by atoms with van der Waals surface area (Å²) in [7, 11) is 0. The van der Waals surface area contributed by atoms with E-state index < -0.39 is 0 Å². The van der Waals surface area contributed by atoms with Crippen LogP contribution >= 0.6 is 0 Å². The molecular formula is C22H24N3O+. The summed E-state index contributed by atoms with van der Waals surface area (Å²) in [5.74, 6) is 1.01. The van der Waals surface area contributed by atoms with E-state index in [0.29, 0.717) is 6.61 Å². The largest absolute Gasteiger partial charge is 0.363 e. The minimum absolute atomic E-state index is 0.217. The van der Waals surface area contributed by atoms with Crippen LogP contribution in [0.2, 0.25) is 0 Å². The molecule has 1 unspecified atom stereocenters. The van der Waals surface area contributed by atoms with Gasteiger partial charge in [0.15, 0.2) is 0 Å². The van der Waals surface area contributed by atoms with Gasteiger partial charge in [-0.15, -0.1) is 0 Å². The molecule has 4 nitrogen and oxygen atoms in total. The van der Waals surface area contributed by atoms with Crippen molar-refractivity contribution in [3.05, 3.63) is 76.9 Å². The van der Waals surface area contributed by atoms with Gasteiger partial charge in [0.05, 0.1) is 0 Å². The maximum absolute atomic E-state index is 6.18. The molecule has 1 aliphatic carbocycles. The maximum Gasteiger partial charge on any atom is 0.304 e. The molecule has 3 aromatic rings. The number of para-hydroxylation sites is 1. The molecule has 0 N–H and O–H groups in total. The van der Waals surface area contributed by atoms with Crippen LogP contribution in [0.15, 0.2) is 48.8 Å². The second-order valence-electron chi connectivity index (χ2n) is 7.21. The first kappa shape index (κ1) is 15.8. The fourth-order valence-corrected chi connectivity index (χ4v) is 4.54. The molecule has 0 amide bonds. The third kappa shape index (κ3) is 2.25. The predicted molar refractivity (Wildman–Crippen MR) is 99.4 cm³/mol. The molecule has 0 spiro atoms. The summed E-state index contributed by atoms with van der Waals surface area (Å²) in [5.41, 5.74) is 6.70. The van der Waals surface area contributed by atoms with Crippen molar-refractivity contribution in [3.63, 3.8) is 0 Å². The summed E-state index contributed by atoms with van der Waals surface area (Å²) >= 11 is 0. The number of aromatic nitrogens is 3. The van der Waals surface area contributed by atoms with Crippen LogP contribution in [-0.2, 0) is 30.6 Å². The minimum Gasteiger partial charge on any atom is -0.363 e. The van der Waals surface area contributed by atoms with Gasteiger partial charge in [-0.05, 0) is 35.1 Å².